The van der Waals surface area contributed by atoms with Gasteiger partial charge in [-0.25, -0.2) is 0 Å². The minimum Gasteiger partial charge on any atom is -0.322 e. The largest absolute Gasteiger partial charge is 0.322 e. The molecule has 2 rings (SSSR count). The van der Waals surface area contributed by atoms with E-state index in [1.165, 1.54) is 6.20 Å². The third kappa shape index (κ3) is 2.84. The van der Waals surface area contributed by atoms with Crippen molar-refractivity contribution in [2.45, 2.75) is 0 Å². The van der Waals surface area contributed by atoms with Gasteiger partial charge in [-0.05, 0) is 29.8 Å². The van der Waals surface area contributed by atoms with E-state index in [4.69, 9.17) is 5.53 Å². The molecule has 0 saturated carbocycles. The Morgan fingerprint density at radius 1 is 1.28 bits per heavy atom. The highest BCUT2D eigenvalue weighted by Gasteiger charge is 2.04. The lowest BCUT2D eigenvalue weighted by Crippen LogP contribution is -2.11. The van der Waals surface area contributed by atoms with E-state index in [1.807, 2.05) is 0 Å². The molecule has 6 heteroatoms. The van der Waals surface area contributed by atoms with Gasteiger partial charge in [-0.1, -0.05) is 17.2 Å². The number of carbonyl (C=O) groups excluding carboxylic acids is 1. The quantitative estimate of drug-likeness (QED) is 0.505. The molecule has 1 aromatic carbocycles. The number of aromatic nitrogens is 1. The molecule has 1 N–H and O–H groups in total. The number of nitrogens with zero attached hydrogens (tertiary/aromatic N) is 4. The zero-order chi connectivity index (χ0) is 12.8. The van der Waals surface area contributed by atoms with Gasteiger partial charge in [-0.2, -0.15) is 0 Å². The number of benzene rings is 1. The third-order valence-corrected chi connectivity index (χ3v) is 2.21. The number of pyridine rings is 1. The Kier molecular flexibility index (Phi) is 3.53. The van der Waals surface area contributed by atoms with Crippen molar-refractivity contribution in [2.24, 2.45) is 5.11 Å². The maximum atomic E-state index is 11.8. The molecule has 0 aliphatic carbocycles. The second kappa shape index (κ2) is 5.47. The molecule has 1 amide bonds. The van der Waals surface area contributed by atoms with Crippen LogP contribution in [0.15, 0.2) is 53.9 Å². The lowest BCUT2D eigenvalue weighted by molar-refractivity contribution is 0.102. The van der Waals surface area contributed by atoms with Gasteiger partial charge in [0.15, 0.2) is 0 Å². The molecule has 0 bridgehead atoms. The van der Waals surface area contributed by atoms with E-state index in [1.54, 1.807) is 42.6 Å². The summed E-state index contributed by atoms with van der Waals surface area (Å²) in [6.45, 7) is 0. The van der Waals surface area contributed by atoms with E-state index in [0.29, 0.717) is 16.9 Å². The van der Waals surface area contributed by atoms with Gasteiger partial charge >= 0.3 is 0 Å². The first kappa shape index (κ1) is 11.6. The highest BCUT2D eigenvalue weighted by Crippen LogP contribution is 2.16. The Bertz CT molecular complexity index is 588. The number of hydrogen-bond donors (Lipinski definition) is 1. The van der Waals surface area contributed by atoms with E-state index in [0.717, 1.165) is 0 Å². The summed E-state index contributed by atoms with van der Waals surface area (Å²) in [4.78, 5) is 18.3. The van der Waals surface area contributed by atoms with Crippen LogP contribution in [0, 0.1) is 0 Å². The Morgan fingerprint density at radius 2 is 2.06 bits per heavy atom. The van der Waals surface area contributed by atoms with Gasteiger partial charge in [0.2, 0.25) is 0 Å². The lowest BCUT2D eigenvalue weighted by atomic mass is 10.2. The monoisotopic (exact) mass is 239 g/mol. The predicted octanol–water partition coefficient (Wildman–Crippen LogP) is 3.28. The van der Waals surface area contributed by atoms with E-state index in [9.17, 15) is 4.79 Å². The SMILES string of the molecule is [N-]=[N+]=Nc1ccc(NC(=O)c2cccnc2)cc1. The van der Waals surface area contributed by atoms with E-state index < -0.39 is 0 Å². The summed E-state index contributed by atoms with van der Waals surface area (Å²) in [6, 6.07) is 9.95. The second-order valence-corrected chi connectivity index (χ2v) is 3.43. The first-order valence-electron chi connectivity index (χ1n) is 5.16. The number of amides is 1. The number of rotatable bonds is 3. The summed E-state index contributed by atoms with van der Waals surface area (Å²) in [6.07, 6.45) is 3.09. The van der Waals surface area contributed by atoms with Crippen LogP contribution in [0.25, 0.3) is 10.4 Å². The number of azide groups is 1. The molecule has 0 unspecified atom stereocenters. The van der Waals surface area contributed by atoms with Gasteiger partial charge in [0.05, 0.1) is 5.56 Å². The molecule has 2 aromatic rings. The molecule has 0 spiro atoms. The van der Waals surface area contributed by atoms with Crippen molar-refractivity contribution in [3.05, 3.63) is 64.8 Å². The molecule has 0 fully saturated rings. The summed E-state index contributed by atoms with van der Waals surface area (Å²) in [5.74, 6) is -0.236. The van der Waals surface area contributed by atoms with E-state index >= 15 is 0 Å². The Morgan fingerprint density at radius 3 is 2.67 bits per heavy atom. The fourth-order valence-electron chi connectivity index (χ4n) is 1.36. The minimum absolute atomic E-state index is 0.236. The number of nitrogens with one attached hydrogen (secondary N) is 1. The molecule has 6 nitrogen and oxygen atoms in total. The maximum Gasteiger partial charge on any atom is 0.257 e. The van der Waals surface area contributed by atoms with Crippen LogP contribution in [-0.4, -0.2) is 10.9 Å². The molecule has 1 aromatic heterocycles. The molecule has 0 aliphatic rings. The van der Waals surface area contributed by atoms with Crippen LogP contribution >= 0.6 is 0 Å². The van der Waals surface area contributed by atoms with Crippen molar-refractivity contribution < 1.29 is 4.79 Å². The van der Waals surface area contributed by atoms with E-state index in [2.05, 4.69) is 20.3 Å². The van der Waals surface area contributed by atoms with Crippen LogP contribution in [0.2, 0.25) is 0 Å². The molecule has 1 heterocycles. The summed E-state index contributed by atoms with van der Waals surface area (Å²) >= 11 is 0. The molecule has 0 aliphatic heterocycles. The zero-order valence-electron chi connectivity index (χ0n) is 9.32. The highest BCUT2D eigenvalue weighted by atomic mass is 16.1. The van der Waals surface area contributed by atoms with Crippen molar-refractivity contribution in [2.75, 3.05) is 5.32 Å². The third-order valence-electron chi connectivity index (χ3n) is 2.21. The Hall–Kier alpha value is -2.85. The van der Waals surface area contributed by atoms with Crippen LogP contribution in [0.5, 0.6) is 0 Å². The molecule has 88 valence electrons. The normalized spacial score (nSPS) is 9.33. The molecular weight excluding hydrogens is 230 g/mol. The van der Waals surface area contributed by atoms with Crippen LogP contribution < -0.4 is 5.32 Å². The minimum atomic E-state index is -0.236. The standard InChI is InChI=1S/C12H9N5O/c13-17-16-11-5-3-10(4-6-11)15-12(18)9-2-1-7-14-8-9/h1-8H,(H,15,18). The van der Waals surface area contributed by atoms with E-state index in [-0.39, 0.29) is 5.91 Å². The average Bonchev–Trinajstić information content (AvgIpc) is 2.42. The maximum absolute atomic E-state index is 11.8. The summed E-state index contributed by atoms with van der Waals surface area (Å²) in [5, 5.41) is 6.16. The molecular formula is C12H9N5O. The lowest BCUT2D eigenvalue weighted by Gasteiger charge is -2.04. The Balaban J connectivity index is 2.10. The number of carbonyl (C=O) groups is 1. The van der Waals surface area contributed by atoms with Gasteiger partial charge in [0.1, 0.15) is 0 Å². The van der Waals surface area contributed by atoms with Gasteiger partial charge in [-0.15, -0.1) is 0 Å². The fourth-order valence-corrected chi connectivity index (χ4v) is 1.36. The van der Waals surface area contributed by atoms with Crippen LogP contribution in [0.4, 0.5) is 11.4 Å². The van der Waals surface area contributed by atoms with Crippen molar-refractivity contribution in [1.29, 1.82) is 0 Å². The van der Waals surface area contributed by atoms with Crippen molar-refractivity contribution in [3.63, 3.8) is 0 Å². The highest BCUT2D eigenvalue weighted by molar-refractivity contribution is 6.04. The zero-order valence-corrected chi connectivity index (χ0v) is 9.32. The smallest absolute Gasteiger partial charge is 0.257 e. The molecule has 18 heavy (non-hydrogen) atoms. The topological polar surface area (TPSA) is 90.8 Å². The molecule has 0 saturated heterocycles. The van der Waals surface area contributed by atoms with Crippen LogP contribution in [0.3, 0.4) is 0 Å². The molecule has 0 radical (unpaired) electrons. The van der Waals surface area contributed by atoms with Crippen LogP contribution in [0.1, 0.15) is 10.4 Å². The predicted molar refractivity (Wildman–Crippen MR) is 67.4 cm³/mol. The van der Waals surface area contributed by atoms with Gasteiger partial charge < -0.3 is 5.32 Å². The van der Waals surface area contributed by atoms with Crippen molar-refractivity contribution >= 4 is 17.3 Å². The van der Waals surface area contributed by atoms with Crippen molar-refractivity contribution in [3.8, 4) is 0 Å². The van der Waals surface area contributed by atoms with Gasteiger partial charge in [0.25, 0.3) is 5.91 Å². The summed E-state index contributed by atoms with van der Waals surface area (Å²) in [7, 11) is 0. The average molecular weight is 239 g/mol. The summed E-state index contributed by atoms with van der Waals surface area (Å²) < 4.78 is 0. The van der Waals surface area contributed by atoms with Crippen LogP contribution in [-0.2, 0) is 0 Å². The molecule has 0 atom stereocenters. The Labute approximate surface area is 103 Å². The number of hydrogen-bond acceptors (Lipinski definition) is 3. The fraction of sp³-hybridized carbons (Fsp3) is 0. The first-order chi connectivity index (χ1) is 8.79. The first-order valence-corrected chi connectivity index (χ1v) is 5.16. The van der Waals surface area contributed by atoms with Gasteiger partial charge in [0, 0.05) is 28.7 Å². The van der Waals surface area contributed by atoms with Crippen molar-refractivity contribution in [1.82, 2.24) is 4.98 Å². The second-order valence-electron chi connectivity index (χ2n) is 3.43. The number of anilines is 1. The van der Waals surface area contributed by atoms with Gasteiger partial charge in [-0.3, -0.25) is 9.78 Å². The summed E-state index contributed by atoms with van der Waals surface area (Å²) in [5.41, 5.74) is 9.87.